The highest BCUT2D eigenvalue weighted by molar-refractivity contribution is 7.09. The van der Waals surface area contributed by atoms with Crippen LogP contribution in [0.4, 0.5) is 0 Å². The third-order valence-electron chi connectivity index (χ3n) is 4.13. The number of aromatic nitrogens is 1. The van der Waals surface area contributed by atoms with Gasteiger partial charge in [0, 0.05) is 17.2 Å². The Morgan fingerprint density at radius 1 is 1.44 bits per heavy atom. The minimum atomic E-state index is 0.316. The van der Waals surface area contributed by atoms with E-state index in [9.17, 15) is 4.79 Å². The van der Waals surface area contributed by atoms with Crippen molar-refractivity contribution in [1.82, 2.24) is 4.98 Å². The van der Waals surface area contributed by atoms with Crippen LogP contribution >= 0.6 is 11.3 Å². The van der Waals surface area contributed by atoms with Crippen molar-refractivity contribution in [3.63, 3.8) is 0 Å². The number of carbonyl (C=O) groups is 1. The van der Waals surface area contributed by atoms with E-state index in [0.29, 0.717) is 11.7 Å². The molecule has 100 valence electrons. The van der Waals surface area contributed by atoms with Gasteiger partial charge >= 0.3 is 0 Å². The van der Waals surface area contributed by atoms with Crippen molar-refractivity contribution in [1.29, 1.82) is 0 Å². The molecular weight excluding hydrogens is 242 g/mol. The van der Waals surface area contributed by atoms with Crippen LogP contribution in [0.5, 0.6) is 0 Å². The molecule has 1 aromatic rings. The van der Waals surface area contributed by atoms with E-state index in [1.165, 1.54) is 17.7 Å². The van der Waals surface area contributed by atoms with Crippen molar-refractivity contribution < 1.29 is 4.79 Å². The van der Waals surface area contributed by atoms with Gasteiger partial charge in [0.25, 0.3) is 0 Å². The summed E-state index contributed by atoms with van der Waals surface area (Å²) >= 11 is 1.73. The zero-order valence-electron chi connectivity index (χ0n) is 11.4. The minimum absolute atomic E-state index is 0.316. The molecule has 0 bridgehead atoms. The second kappa shape index (κ2) is 6.46. The molecule has 0 aliphatic heterocycles. The molecule has 2 unspecified atom stereocenters. The Bertz CT molecular complexity index is 399. The van der Waals surface area contributed by atoms with Gasteiger partial charge in [0.2, 0.25) is 0 Å². The summed E-state index contributed by atoms with van der Waals surface area (Å²) in [6.07, 6.45) is 7.68. The molecule has 0 spiro atoms. The molecule has 1 aliphatic carbocycles. The molecular formula is C15H23NOS. The van der Waals surface area contributed by atoms with Gasteiger partial charge in [0.05, 0.1) is 11.2 Å². The zero-order valence-corrected chi connectivity index (χ0v) is 12.3. The van der Waals surface area contributed by atoms with Crippen LogP contribution in [-0.2, 0) is 11.2 Å². The van der Waals surface area contributed by atoms with Gasteiger partial charge in [-0.25, -0.2) is 4.98 Å². The Labute approximate surface area is 114 Å². The predicted octanol–water partition coefficient (Wildman–Crippen LogP) is 4.17. The number of hydrogen-bond acceptors (Lipinski definition) is 3. The van der Waals surface area contributed by atoms with Gasteiger partial charge < -0.3 is 0 Å². The summed E-state index contributed by atoms with van der Waals surface area (Å²) in [6, 6.07) is 0. The average Bonchev–Trinajstić information content (AvgIpc) is 2.76. The van der Waals surface area contributed by atoms with Crippen LogP contribution in [0.25, 0.3) is 0 Å². The number of aryl methyl sites for hydroxylation is 2. The van der Waals surface area contributed by atoms with E-state index in [2.05, 4.69) is 18.8 Å². The van der Waals surface area contributed by atoms with Gasteiger partial charge in [-0.1, -0.05) is 19.8 Å². The highest BCUT2D eigenvalue weighted by Crippen LogP contribution is 2.32. The van der Waals surface area contributed by atoms with Crippen molar-refractivity contribution in [2.45, 2.75) is 58.8 Å². The van der Waals surface area contributed by atoms with Crippen LogP contribution < -0.4 is 0 Å². The van der Waals surface area contributed by atoms with Gasteiger partial charge in [-0.3, -0.25) is 4.79 Å². The molecule has 0 aromatic carbocycles. The van der Waals surface area contributed by atoms with Crippen molar-refractivity contribution in [3.8, 4) is 0 Å². The lowest BCUT2D eigenvalue weighted by Crippen LogP contribution is -2.25. The second-order valence-electron chi connectivity index (χ2n) is 5.49. The molecule has 1 saturated carbocycles. The zero-order chi connectivity index (χ0) is 13.0. The molecule has 0 radical (unpaired) electrons. The molecule has 2 nitrogen and oxygen atoms in total. The molecule has 1 aliphatic rings. The van der Waals surface area contributed by atoms with Gasteiger partial charge in [-0.05, 0) is 38.5 Å². The van der Waals surface area contributed by atoms with E-state index in [1.807, 2.05) is 5.51 Å². The molecule has 1 heterocycles. The molecule has 2 rings (SSSR count). The summed E-state index contributed by atoms with van der Waals surface area (Å²) < 4.78 is 0. The number of rotatable bonds is 5. The maximum Gasteiger partial charge on any atom is 0.136 e. The first-order valence-electron chi connectivity index (χ1n) is 7.12. The molecule has 1 aromatic heterocycles. The predicted molar refractivity (Wildman–Crippen MR) is 75.9 cm³/mol. The third-order valence-corrected chi connectivity index (χ3v) is 5.13. The Kier molecular flexibility index (Phi) is 4.93. The quantitative estimate of drug-likeness (QED) is 0.799. The number of carbonyl (C=O) groups excluding carboxylic acids is 1. The Hall–Kier alpha value is -0.700. The Morgan fingerprint density at radius 2 is 2.28 bits per heavy atom. The van der Waals surface area contributed by atoms with E-state index in [-0.39, 0.29) is 0 Å². The normalized spacial score (nSPS) is 24.4. The lowest BCUT2D eigenvalue weighted by molar-refractivity contribution is -0.125. The second-order valence-corrected chi connectivity index (χ2v) is 6.43. The summed E-state index contributed by atoms with van der Waals surface area (Å²) in [4.78, 5) is 17.6. The van der Waals surface area contributed by atoms with Crippen LogP contribution in [0, 0.1) is 18.8 Å². The smallest absolute Gasteiger partial charge is 0.136 e. The third kappa shape index (κ3) is 3.41. The minimum Gasteiger partial charge on any atom is -0.299 e. The highest BCUT2D eigenvalue weighted by atomic mass is 32.1. The number of ketones is 1. The van der Waals surface area contributed by atoms with Crippen LogP contribution in [-0.4, -0.2) is 10.8 Å². The number of hydrogen-bond donors (Lipinski definition) is 0. The van der Waals surface area contributed by atoms with Gasteiger partial charge in [0.15, 0.2) is 0 Å². The summed E-state index contributed by atoms with van der Waals surface area (Å²) in [6.45, 7) is 4.31. The van der Waals surface area contributed by atoms with Crippen LogP contribution in [0.3, 0.4) is 0 Å². The largest absolute Gasteiger partial charge is 0.299 e. The van der Waals surface area contributed by atoms with Gasteiger partial charge in [-0.15, -0.1) is 11.3 Å². The fourth-order valence-corrected chi connectivity index (χ4v) is 3.82. The van der Waals surface area contributed by atoms with Crippen LogP contribution in [0.1, 0.15) is 56.0 Å². The number of thiazole rings is 1. The first-order chi connectivity index (χ1) is 8.70. The highest BCUT2D eigenvalue weighted by Gasteiger charge is 2.27. The van der Waals surface area contributed by atoms with Crippen molar-refractivity contribution in [2.24, 2.45) is 11.8 Å². The first-order valence-corrected chi connectivity index (χ1v) is 8.00. The lowest BCUT2D eigenvalue weighted by Gasteiger charge is -2.27. The number of Topliss-reactive ketones (excluding diaryl/α,β-unsaturated/α-hetero) is 1. The van der Waals surface area contributed by atoms with Gasteiger partial charge in [0.1, 0.15) is 5.78 Å². The number of nitrogens with zero attached hydrogens (tertiary/aromatic N) is 1. The van der Waals surface area contributed by atoms with Crippen molar-refractivity contribution in [3.05, 3.63) is 16.1 Å². The summed E-state index contributed by atoms with van der Waals surface area (Å²) in [7, 11) is 0. The standard InChI is InChI=1S/C15H23NOS/c1-3-4-12-5-7-14(17)13(9-12)6-8-15-11(2)16-10-18-15/h10,12-13H,3-9H2,1-2H3. The Balaban J connectivity index is 1.87. The molecule has 1 fully saturated rings. The van der Waals surface area contributed by atoms with Crippen LogP contribution in [0.2, 0.25) is 0 Å². The topological polar surface area (TPSA) is 30.0 Å². The summed E-state index contributed by atoms with van der Waals surface area (Å²) in [5.41, 5.74) is 3.06. The van der Waals surface area contributed by atoms with E-state index in [1.54, 1.807) is 11.3 Å². The Morgan fingerprint density at radius 3 is 2.94 bits per heavy atom. The lowest BCUT2D eigenvalue weighted by atomic mass is 9.77. The SMILES string of the molecule is CCCC1CCC(=O)C(CCc2scnc2C)C1. The van der Waals surface area contributed by atoms with Crippen molar-refractivity contribution >= 4 is 17.1 Å². The molecule has 3 heteroatoms. The van der Waals surface area contributed by atoms with E-state index >= 15 is 0 Å². The maximum atomic E-state index is 12.0. The van der Waals surface area contributed by atoms with E-state index < -0.39 is 0 Å². The fourth-order valence-electron chi connectivity index (χ4n) is 3.02. The first kappa shape index (κ1) is 13.7. The molecule has 2 atom stereocenters. The van der Waals surface area contributed by atoms with E-state index in [4.69, 9.17) is 0 Å². The molecule has 0 amide bonds. The van der Waals surface area contributed by atoms with Crippen LogP contribution in [0.15, 0.2) is 5.51 Å². The van der Waals surface area contributed by atoms with Gasteiger partial charge in [-0.2, -0.15) is 0 Å². The average molecular weight is 265 g/mol. The van der Waals surface area contributed by atoms with E-state index in [0.717, 1.165) is 43.7 Å². The fraction of sp³-hybridized carbons (Fsp3) is 0.733. The monoisotopic (exact) mass is 265 g/mol. The maximum absolute atomic E-state index is 12.0. The van der Waals surface area contributed by atoms with Crippen molar-refractivity contribution in [2.75, 3.05) is 0 Å². The molecule has 0 N–H and O–H groups in total. The summed E-state index contributed by atoms with van der Waals surface area (Å²) in [5.74, 6) is 1.61. The molecule has 18 heavy (non-hydrogen) atoms. The summed E-state index contributed by atoms with van der Waals surface area (Å²) in [5, 5.41) is 0. The molecule has 0 saturated heterocycles.